The lowest BCUT2D eigenvalue weighted by Crippen LogP contribution is -2.62. The van der Waals surface area contributed by atoms with Gasteiger partial charge in [0, 0.05) is 42.4 Å². The molecule has 0 aromatic carbocycles. The normalized spacial score (nSPS) is 29.0. The maximum atomic E-state index is 13.6. The first-order valence-corrected chi connectivity index (χ1v) is 10.8. The summed E-state index contributed by atoms with van der Waals surface area (Å²) in [7, 11) is 0. The lowest BCUT2D eigenvalue weighted by molar-refractivity contribution is -0.120. The number of nitriles is 1. The number of hydrogen-bond acceptors (Lipinski definition) is 7. The summed E-state index contributed by atoms with van der Waals surface area (Å²) in [5, 5.41) is 24.4. The summed E-state index contributed by atoms with van der Waals surface area (Å²) in [4.78, 5) is 33.5. The summed E-state index contributed by atoms with van der Waals surface area (Å²) in [5.41, 5.74) is 3.69. The van der Waals surface area contributed by atoms with Gasteiger partial charge in [0.2, 0.25) is 5.95 Å². The Morgan fingerprint density at radius 2 is 2.30 bits per heavy atom. The lowest BCUT2D eigenvalue weighted by Gasteiger charge is -2.51. The summed E-state index contributed by atoms with van der Waals surface area (Å²) in [6.45, 7) is 4.19. The molecule has 33 heavy (non-hydrogen) atoms. The van der Waals surface area contributed by atoms with Gasteiger partial charge in [-0.05, 0) is 30.9 Å². The third kappa shape index (κ3) is 4.14. The van der Waals surface area contributed by atoms with Crippen molar-refractivity contribution in [3.05, 3.63) is 36.1 Å². The monoisotopic (exact) mass is 455 g/mol. The second kappa shape index (κ2) is 8.78. The molecule has 11 heteroatoms. The molecule has 10 nitrogen and oxygen atoms in total. The van der Waals surface area contributed by atoms with E-state index in [1.165, 1.54) is 23.4 Å². The van der Waals surface area contributed by atoms with Crippen molar-refractivity contribution in [1.82, 2.24) is 20.3 Å². The van der Waals surface area contributed by atoms with Gasteiger partial charge in [0.1, 0.15) is 12.1 Å². The van der Waals surface area contributed by atoms with Crippen molar-refractivity contribution in [1.29, 1.82) is 5.26 Å². The molecule has 0 radical (unpaired) electrons. The van der Waals surface area contributed by atoms with E-state index in [4.69, 9.17) is 0 Å². The summed E-state index contributed by atoms with van der Waals surface area (Å²) < 4.78 is 13.6. The highest BCUT2D eigenvalue weighted by atomic mass is 19.1. The van der Waals surface area contributed by atoms with Crippen molar-refractivity contribution < 1.29 is 19.1 Å². The number of aliphatic imine (C=N–C) groups is 1. The van der Waals surface area contributed by atoms with Gasteiger partial charge in [-0.3, -0.25) is 4.79 Å². The van der Waals surface area contributed by atoms with Crippen LogP contribution in [0.4, 0.5) is 14.9 Å². The summed E-state index contributed by atoms with van der Waals surface area (Å²) in [6.07, 6.45) is 3.86. The number of aromatic nitrogens is 1. The molecule has 174 valence electrons. The van der Waals surface area contributed by atoms with E-state index in [0.717, 1.165) is 0 Å². The predicted molar refractivity (Wildman–Crippen MR) is 117 cm³/mol. The fraction of sp³-hybridized carbons (Fsp3) is 0.500. The summed E-state index contributed by atoms with van der Waals surface area (Å²) >= 11 is 0. The fourth-order valence-electron chi connectivity index (χ4n) is 5.03. The molecule has 0 saturated carbocycles. The Balaban J connectivity index is 1.70. The number of carbonyl (C=O) groups is 2. The van der Waals surface area contributed by atoms with Crippen LogP contribution in [0.3, 0.4) is 0 Å². The van der Waals surface area contributed by atoms with Gasteiger partial charge >= 0.3 is 6.09 Å². The number of piperidine rings is 1. The van der Waals surface area contributed by atoms with Gasteiger partial charge < -0.3 is 20.3 Å². The number of hydrogen-bond donors (Lipinski definition) is 3. The molecule has 4 rings (SSSR count). The number of amides is 2. The number of halogens is 1. The zero-order chi connectivity index (χ0) is 23.8. The maximum Gasteiger partial charge on any atom is 0.407 e. The van der Waals surface area contributed by atoms with Crippen LogP contribution < -0.4 is 10.7 Å². The van der Waals surface area contributed by atoms with Crippen LogP contribution in [0.15, 0.2) is 35.1 Å². The molecule has 2 saturated heterocycles. The smallest absolute Gasteiger partial charge is 0.407 e. The number of nitrogens with zero attached hydrogens (tertiary/aromatic N) is 5. The molecule has 1 aromatic rings. The van der Waals surface area contributed by atoms with Gasteiger partial charge in [-0.2, -0.15) is 9.65 Å². The van der Waals surface area contributed by atoms with Crippen LogP contribution in [0, 0.1) is 29.1 Å². The molecule has 4 unspecified atom stereocenters. The standard InChI is InChI=1S/C22H26FN7O3/c1-13(2)16-12-22(5-7-24,6-10-29(16)21(32)33)30-15-4-9-26-20(31)18(15)19(28-30)27-14-3-8-25-17(23)11-14/h3-4,8-9,11,13,16,18-19,28H,5-6,10,12H2,1-2H3,(H,25,27)(H,32,33). The first-order valence-electron chi connectivity index (χ1n) is 10.8. The van der Waals surface area contributed by atoms with Crippen LogP contribution in [0.1, 0.15) is 33.1 Å². The molecule has 2 fully saturated rings. The van der Waals surface area contributed by atoms with Crippen molar-refractivity contribution in [2.75, 3.05) is 11.9 Å². The van der Waals surface area contributed by atoms with E-state index < -0.39 is 29.7 Å². The Morgan fingerprint density at radius 3 is 2.97 bits per heavy atom. The van der Waals surface area contributed by atoms with Crippen LogP contribution in [0.5, 0.6) is 0 Å². The Labute approximate surface area is 190 Å². The maximum absolute atomic E-state index is 13.6. The molecular weight excluding hydrogens is 429 g/mol. The molecular formula is C22H26FN7O3. The Bertz CT molecular complexity index is 1050. The number of rotatable bonds is 5. The molecule has 3 aliphatic rings. The van der Waals surface area contributed by atoms with E-state index in [9.17, 15) is 24.3 Å². The Hall–Kier alpha value is -3.52. The average molecular weight is 455 g/mol. The van der Waals surface area contributed by atoms with E-state index in [0.29, 0.717) is 24.2 Å². The van der Waals surface area contributed by atoms with E-state index in [1.807, 2.05) is 18.9 Å². The van der Waals surface area contributed by atoms with Crippen molar-refractivity contribution in [3.8, 4) is 6.07 Å². The zero-order valence-corrected chi connectivity index (χ0v) is 18.4. The molecule has 1 aromatic heterocycles. The van der Waals surface area contributed by atoms with Crippen molar-refractivity contribution in [2.45, 2.75) is 50.9 Å². The molecule has 0 bridgehead atoms. The highest BCUT2D eigenvalue weighted by Gasteiger charge is 2.53. The highest BCUT2D eigenvalue weighted by molar-refractivity contribution is 5.96. The first kappa shape index (κ1) is 22.7. The van der Waals surface area contributed by atoms with Crippen LogP contribution in [0.25, 0.3) is 0 Å². The van der Waals surface area contributed by atoms with Gasteiger partial charge in [-0.1, -0.05) is 13.8 Å². The van der Waals surface area contributed by atoms with E-state index >= 15 is 0 Å². The molecule has 4 atom stereocenters. The van der Waals surface area contributed by atoms with Crippen molar-refractivity contribution >= 4 is 23.9 Å². The van der Waals surface area contributed by atoms with E-state index in [-0.39, 0.29) is 30.8 Å². The second-order valence-electron chi connectivity index (χ2n) is 8.94. The number of likely N-dealkylation sites (tertiary alicyclic amines) is 1. The molecule has 3 aliphatic heterocycles. The van der Waals surface area contributed by atoms with Gasteiger partial charge in [0.05, 0.1) is 18.0 Å². The Kier molecular flexibility index (Phi) is 6.03. The third-order valence-corrected chi connectivity index (χ3v) is 6.65. The molecule has 3 N–H and O–H groups in total. The second-order valence-corrected chi connectivity index (χ2v) is 8.94. The SMILES string of the molecule is CC(C)C1CC(CC#N)(N2NC(Nc3ccnc(F)c3)C3C(=O)N=CC=C32)CCN1C(=O)O. The molecule has 0 spiro atoms. The largest absolute Gasteiger partial charge is 0.465 e. The lowest BCUT2D eigenvalue weighted by atomic mass is 9.76. The minimum atomic E-state index is -0.982. The van der Waals surface area contributed by atoms with Gasteiger partial charge in [-0.25, -0.2) is 20.2 Å². The van der Waals surface area contributed by atoms with Crippen LogP contribution >= 0.6 is 0 Å². The highest BCUT2D eigenvalue weighted by Crippen LogP contribution is 2.43. The fourth-order valence-corrected chi connectivity index (χ4v) is 5.03. The number of nitrogens with one attached hydrogen (secondary N) is 2. The third-order valence-electron chi connectivity index (χ3n) is 6.65. The minimum Gasteiger partial charge on any atom is -0.465 e. The predicted octanol–water partition coefficient (Wildman–Crippen LogP) is 2.34. The van der Waals surface area contributed by atoms with E-state index in [2.05, 4.69) is 26.8 Å². The Morgan fingerprint density at radius 1 is 1.52 bits per heavy atom. The topological polar surface area (TPSA) is 134 Å². The number of fused-ring (bicyclic) bond motifs is 1. The average Bonchev–Trinajstić information content (AvgIpc) is 3.14. The number of dihydropyridines is 1. The number of hydrazine groups is 1. The number of pyridine rings is 1. The number of carboxylic acid groups (broad SMARTS) is 1. The zero-order valence-electron chi connectivity index (χ0n) is 18.4. The number of allylic oxidation sites excluding steroid dienone is 1. The molecule has 4 heterocycles. The van der Waals surface area contributed by atoms with Crippen LogP contribution in [-0.2, 0) is 4.79 Å². The van der Waals surface area contributed by atoms with Crippen molar-refractivity contribution in [3.63, 3.8) is 0 Å². The minimum absolute atomic E-state index is 0.0371. The van der Waals surface area contributed by atoms with E-state index in [1.54, 1.807) is 12.1 Å². The molecule has 0 aliphatic carbocycles. The number of carbonyl (C=O) groups excluding carboxylic acids is 1. The first-order chi connectivity index (χ1) is 15.8. The summed E-state index contributed by atoms with van der Waals surface area (Å²) in [5.74, 6) is -1.66. The van der Waals surface area contributed by atoms with Gasteiger partial charge in [-0.15, -0.1) is 0 Å². The quantitative estimate of drug-likeness (QED) is 0.576. The van der Waals surface area contributed by atoms with Gasteiger partial charge in [0.15, 0.2) is 0 Å². The summed E-state index contributed by atoms with van der Waals surface area (Å²) in [6, 6.07) is 4.80. The van der Waals surface area contributed by atoms with Crippen LogP contribution in [-0.4, -0.2) is 62.5 Å². The van der Waals surface area contributed by atoms with Crippen LogP contribution in [0.2, 0.25) is 0 Å². The van der Waals surface area contributed by atoms with Gasteiger partial charge in [0.25, 0.3) is 5.91 Å². The molecule has 2 amide bonds. The van der Waals surface area contributed by atoms with Crippen molar-refractivity contribution in [2.24, 2.45) is 16.8 Å². The number of anilines is 1.